The Morgan fingerprint density at radius 2 is 2.14 bits per heavy atom. The summed E-state index contributed by atoms with van der Waals surface area (Å²) in [4.78, 5) is 0. The lowest BCUT2D eigenvalue weighted by molar-refractivity contribution is 0.208. The SMILES string of the molecule is Cn1ncc(C2CCC2)c1CNC1CC(n2cccn2)C1. The van der Waals surface area contributed by atoms with E-state index in [-0.39, 0.29) is 0 Å². The van der Waals surface area contributed by atoms with E-state index in [4.69, 9.17) is 0 Å². The Morgan fingerprint density at radius 1 is 1.29 bits per heavy atom. The molecule has 2 aromatic heterocycles. The van der Waals surface area contributed by atoms with Crippen LogP contribution in [0.1, 0.15) is 55.3 Å². The van der Waals surface area contributed by atoms with Gasteiger partial charge in [0.1, 0.15) is 0 Å². The van der Waals surface area contributed by atoms with Crippen LogP contribution >= 0.6 is 0 Å². The lowest BCUT2D eigenvalue weighted by Gasteiger charge is -2.36. The lowest BCUT2D eigenvalue weighted by Crippen LogP contribution is -2.42. The highest BCUT2D eigenvalue weighted by atomic mass is 15.3. The summed E-state index contributed by atoms with van der Waals surface area (Å²) in [6.07, 6.45) is 12.4. The predicted octanol–water partition coefficient (Wildman–Crippen LogP) is 2.38. The molecule has 5 nitrogen and oxygen atoms in total. The molecule has 0 atom stereocenters. The summed E-state index contributed by atoms with van der Waals surface area (Å²) in [5.74, 6) is 0.758. The largest absolute Gasteiger partial charge is 0.308 e. The van der Waals surface area contributed by atoms with E-state index in [0.717, 1.165) is 12.5 Å². The summed E-state index contributed by atoms with van der Waals surface area (Å²) in [5, 5.41) is 12.5. The molecule has 0 unspecified atom stereocenters. The predicted molar refractivity (Wildman–Crippen MR) is 80.9 cm³/mol. The van der Waals surface area contributed by atoms with Crippen LogP contribution < -0.4 is 5.32 Å². The number of nitrogens with zero attached hydrogens (tertiary/aromatic N) is 4. The lowest BCUT2D eigenvalue weighted by atomic mass is 9.80. The summed E-state index contributed by atoms with van der Waals surface area (Å²) in [7, 11) is 2.06. The van der Waals surface area contributed by atoms with Crippen molar-refractivity contribution in [3.05, 3.63) is 35.9 Å². The zero-order valence-corrected chi connectivity index (χ0v) is 12.6. The van der Waals surface area contributed by atoms with E-state index < -0.39 is 0 Å². The minimum atomic E-state index is 0.579. The van der Waals surface area contributed by atoms with E-state index >= 15 is 0 Å². The van der Waals surface area contributed by atoms with Gasteiger partial charge < -0.3 is 5.32 Å². The average Bonchev–Trinajstić information content (AvgIpc) is 2.98. The van der Waals surface area contributed by atoms with E-state index in [1.54, 1.807) is 0 Å². The van der Waals surface area contributed by atoms with Gasteiger partial charge in [-0.15, -0.1) is 0 Å². The van der Waals surface area contributed by atoms with Crippen LogP contribution in [-0.4, -0.2) is 25.6 Å². The Balaban J connectivity index is 1.33. The first-order valence-electron chi connectivity index (χ1n) is 8.04. The van der Waals surface area contributed by atoms with Gasteiger partial charge in [-0.3, -0.25) is 9.36 Å². The van der Waals surface area contributed by atoms with Crippen LogP contribution in [0.25, 0.3) is 0 Å². The second kappa shape index (κ2) is 5.30. The van der Waals surface area contributed by atoms with Crippen molar-refractivity contribution in [1.82, 2.24) is 24.9 Å². The summed E-state index contributed by atoms with van der Waals surface area (Å²) in [6, 6.07) is 3.19. The summed E-state index contributed by atoms with van der Waals surface area (Å²) in [6.45, 7) is 0.943. The minimum Gasteiger partial charge on any atom is -0.308 e. The highest BCUT2D eigenvalue weighted by Crippen LogP contribution is 2.38. The van der Waals surface area contributed by atoms with Crippen LogP contribution in [0, 0.1) is 0 Å². The van der Waals surface area contributed by atoms with Gasteiger partial charge in [-0.25, -0.2) is 0 Å². The molecule has 0 radical (unpaired) electrons. The molecule has 21 heavy (non-hydrogen) atoms. The standard InChI is InChI=1S/C16H23N5/c1-20-16(15(10-19-20)12-4-2-5-12)11-17-13-8-14(9-13)21-7-3-6-18-21/h3,6-7,10,12-14,17H,2,4-5,8-9,11H2,1H3. The maximum absolute atomic E-state index is 4.46. The van der Waals surface area contributed by atoms with Crippen LogP contribution in [0.4, 0.5) is 0 Å². The number of nitrogens with one attached hydrogen (secondary N) is 1. The molecular weight excluding hydrogens is 262 g/mol. The average molecular weight is 285 g/mol. The van der Waals surface area contributed by atoms with Gasteiger partial charge in [0.2, 0.25) is 0 Å². The molecule has 2 aliphatic carbocycles. The van der Waals surface area contributed by atoms with Crippen LogP contribution in [-0.2, 0) is 13.6 Å². The van der Waals surface area contributed by atoms with Crippen molar-refractivity contribution in [1.29, 1.82) is 0 Å². The highest BCUT2D eigenvalue weighted by molar-refractivity contribution is 5.24. The van der Waals surface area contributed by atoms with Gasteiger partial charge in [0.25, 0.3) is 0 Å². The molecule has 0 aliphatic heterocycles. The fourth-order valence-corrected chi connectivity index (χ4v) is 3.46. The van der Waals surface area contributed by atoms with Crippen LogP contribution in [0.5, 0.6) is 0 Å². The van der Waals surface area contributed by atoms with E-state index in [1.807, 2.05) is 16.9 Å². The monoisotopic (exact) mass is 285 g/mol. The number of rotatable bonds is 5. The molecule has 4 rings (SSSR count). The van der Waals surface area contributed by atoms with Crippen molar-refractivity contribution in [3.63, 3.8) is 0 Å². The molecule has 0 spiro atoms. The Morgan fingerprint density at radius 3 is 2.81 bits per heavy atom. The van der Waals surface area contributed by atoms with Crippen molar-refractivity contribution in [3.8, 4) is 0 Å². The van der Waals surface area contributed by atoms with E-state index in [2.05, 4.69) is 39.6 Å². The zero-order chi connectivity index (χ0) is 14.2. The fraction of sp³-hybridized carbons (Fsp3) is 0.625. The maximum atomic E-state index is 4.46. The first-order chi connectivity index (χ1) is 10.3. The van der Waals surface area contributed by atoms with Crippen molar-refractivity contribution in [2.24, 2.45) is 7.05 Å². The Labute approximate surface area is 125 Å². The fourth-order valence-electron chi connectivity index (χ4n) is 3.46. The molecule has 2 saturated carbocycles. The molecule has 1 N–H and O–H groups in total. The third-order valence-electron chi connectivity index (χ3n) is 5.21. The number of hydrogen-bond acceptors (Lipinski definition) is 3. The molecule has 0 saturated heterocycles. The van der Waals surface area contributed by atoms with Gasteiger partial charge >= 0.3 is 0 Å². The van der Waals surface area contributed by atoms with E-state index in [9.17, 15) is 0 Å². The Kier molecular flexibility index (Phi) is 3.30. The van der Waals surface area contributed by atoms with Crippen molar-refractivity contribution >= 4 is 0 Å². The molecule has 0 amide bonds. The van der Waals surface area contributed by atoms with Crippen LogP contribution in [0.3, 0.4) is 0 Å². The summed E-state index contributed by atoms with van der Waals surface area (Å²) < 4.78 is 4.13. The van der Waals surface area contributed by atoms with Gasteiger partial charge in [-0.05, 0) is 43.2 Å². The van der Waals surface area contributed by atoms with Gasteiger partial charge in [-0.1, -0.05) is 6.42 Å². The molecule has 2 fully saturated rings. The number of hydrogen-bond donors (Lipinski definition) is 1. The first-order valence-corrected chi connectivity index (χ1v) is 8.04. The highest BCUT2D eigenvalue weighted by Gasteiger charge is 2.31. The first kappa shape index (κ1) is 13.1. The van der Waals surface area contributed by atoms with Crippen molar-refractivity contribution in [2.45, 2.75) is 56.7 Å². The van der Waals surface area contributed by atoms with Crippen LogP contribution in [0.15, 0.2) is 24.7 Å². The van der Waals surface area contributed by atoms with Gasteiger partial charge in [0.05, 0.1) is 17.9 Å². The quantitative estimate of drug-likeness (QED) is 0.917. The summed E-state index contributed by atoms with van der Waals surface area (Å²) in [5.41, 5.74) is 2.85. The summed E-state index contributed by atoms with van der Waals surface area (Å²) >= 11 is 0. The zero-order valence-electron chi connectivity index (χ0n) is 12.6. The normalized spacial score (nSPS) is 25.6. The van der Waals surface area contributed by atoms with Gasteiger partial charge in [0, 0.05) is 32.0 Å². The van der Waals surface area contributed by atoms with Crippen LogP contribution in [0.2, 0.25) is 0 Å². The molecule has 5 heteroatoms. The second-order valence-corrected chi connectivity index (χ2v) is 6.49. The Bertz CT molecular complexity index is 590. The molecule has 0 bridgehead atoms. The maximum Gasteiger partial charge on any atom is 0.0553 e. The minimum absolute atomic E-state index is 0.579. The third-order valence-corrected chi connectivity index (χ3v) is 5.21. The van der Waals surface area contributed by atoms with Gasteiger partial charge in [0.15, 0.2) is 0 Å². The van der Waals surface area contributed by atoms with Crippen molar-refractivity contribution in [2.75, 3.05) is 0 Å². The number of aryl methyl sites for hydroxylation is 1. The van der Waals surface area contributed by atoms with E-state index in [1.165, 1.54) is 43.4 Å². The second-order valence-electron chi connectivity index (χ2n) is 6.49. The molecular formula is C16H23N5. The third kappa shape index (κ3) is 2.39. The number of aromatic nitrogens is 4. The molecule has 2 aliphatic rings. The van der Waals surface area contributed by atoms with Crippen molar-refractivity contribution < 1.29 is 0 Å². The van der Waals surface area contributed by atoms with Gasteiger partial charge in [-0.2, -0.15) is 10.2 Å². The molecule has 0 aromatic carbocycles. The molecule has 2 heterocycles. The molecule has 2 aromatic rings. The topological polar surface area (TPSA) is 47.7 Å². The van der Waals surface area contributed by atoms with E-state index in [0.29, 0.717) is 12.1 Å². The molecule has 112 valence electrons. The Hall–Kier alpha value is -1.62. The smallest absolute Gasteiger partial charge is 0.0553 e.